The highest BCUT2D eigenvalue weighted by molar-refractivity contribution is 5.76. The minimum absolute atomic E-state index is 0.0423. The van der Waals surface area contributed by atoms with Crippen LogP contribution in [0.1, 0.15) is 28.0 Å². The highest BCUT2D eigenvalue weighted by Crippen LogP contribution is 2.20. The SMILES string of the molecule is Cc1ccc(CN2CCN(Cc3cc(=O)c4ccccc4o3)CC2)c(C)c1C. The van der Waals surface area contributed by atoms with Gasteiger partial charge in [-0.25, -0.2) is 0 Å². The van der Waals surface area contributed by atoms with Gasteiger partial charge in [0, 0.05) is 38.8 Å². The number of hydrogen-bond acceptors (Lipinski definition) is 4. The number of nitrogens with zero attached hydrogens (tertiary/aromatic N) is 2. The fourth-order valence-electron chi connectivity index (χ4n) is 3.98. The third kappa shape index (κ3) is 3.89. The van der Waals surface area contributed by atoms with E-state index >= 15 is 0 Å². The first kappa shape index (κ1) is 18.9. The summed E-state index contributed by atoms with van der Waals surface area (Å²) in [6.07, 6.45) is 0. The fourth-order valence-corrected chi connectivity index (χ4v) is 3.98. The molecule has 4 heteroatoms. The topological polar surface area (TPSA) is 36.7 Å². The second-order valence-corrected chi connectivity index (χ2v) is 7.92. The molecule has 28 heavy (non-hydrogen) atoms. The fraction of sp³-hybridized carbons (Fsp3) is 0.375. The van der Waals surface area contributed by atoms with E-state index in [9.17, 15) is 4.79 Å². The van der Waals surface area contributed by atoms with Gasteiger partial charge in [-0.3, -0.25) is 14.6 Å². The van der Waals surface area contributed by atoms with Crippen LogP contribution in [-0.4, -0.2) is 36.0 Å². The zero-order chi connectivity index (χ0) is 19.7. The van der Waals surface area contributed by atoms with Crippen molar-refractivity contribution in [2.24, 2.45) is 0 Å². The van der Waals surface area contributed by atoms with Gasteiger partial charge in [0.15, 0.2) is 5.43 Å². The summed E-state index contributed by atoms with van der Waals surface area (Å²) in [6.45, 7) is 12.4. The molecule has 0 unspecified atom stereocenters. The van der Waals surface area contributed by atoms with Crippen molar-refractivity contribution in [2.45, 2.75) is 33.9 Å². The van der Waals surface area contributed by atoms with E-state index in [1.807, 2.05) is 24.3 Å². The van der Waals surface area contributed by atoms with Crippen LogP contribution in [0.25, 0.3) is 11.0 Å². The van der Waals surface area contributed by atoms with Gasteiger partial charge in [0.25, 0.3) is 0 Å². The van der Waals surface area contributed by atoms with E-state index in [1.54, 1.807) is 6.07 Å². The predicted octanol–water partition coefficient (Wildman–Crippen LogP) is 4.04. The molecule has 1 aliphatic heterocycles. The van der Waals surface area contributed by atoms with E-state index in [1.165, 1.54) is 22.3 Å². The Labute approximate surface area is 166 Å². The van der Waals surface area contributed by atoms with Crippen molar-refractivity contribution in [3.63, 3.8) is 0 Å². The second kappa shape index (κ2) is 7.90. The monoisotopic (exact) mass is 376 g/mol. The molecule has 0 N–H and O–H groups in total. The molecule has 0 spiro atoms. The first-order valence-electron chi connectivity index (χ1n) is 10.0. The van der Waals surface area contributed by atoms with E-state index in [0.717, 1.165) is 38.5 Å². The molecule has 2 aromatic carbocycles. The number of rotatable bonds is 4. The Hall–Kier alpha value is -2.43. The summed E-state index contributed by atoms with van der Waals surface area (Å²) in [5.41, 5.74) is 6.33. The van der Waals surface area contributed by atoms with Crippen molar-refractivity contribution in [1.82, 2.24) is 9.80 Å². The van der Waals surface area contributed by atoms with Gasteiger partial charge in [-0.05, 0) is 55.2 Å². The van der Waals surface area contributed by atoms with Gasteiger partial charge >= 0.3 is 0 Å². The Balaban J connectivity index is 1.38. The predicted molar refractivity (Wildman–Crippen MR) is 114 cm³/mol. The molecule has 4 nitrogen and oxygen atoms in total. The number of aryl methyl sites for hydroxylation is 1. The molecule has 2 heterocycles. The van der Waals surface area contributed by atoms with Gasteiger partial charge in [-0.1, -0.05) is 24.3 Å². The third-order valence-electron chi connectivity index (χ3n) is 6.09. The van der Waals surface area contributed by atoms with Crippen LogP contribution in [0.3, 0.4) is 0 Å². The van der Waals surface area contributed by atoms with Gasteiger partial charge < -0.3 is 4.42 Å². The van der Waals surface area contributed by atoms with Crippen LogP contribution in [0.2, 0.25) is 0 Å². The van der Waals surface area contributed by atoms with Crippen LogP contribution in [0.5, 0.6) is 0 Å². The number of hydrogen-bond donors (Lipinski definition) is 0. The number of piperazine rings is 1. The summed E-state index contributed by atoms with van der Waals surface area (Å²) in [5, 5.41) is 0.653. The first-order chi connectivity index (χ1) is 13.5. The molecule has 146 valence electrons. The molecule has 0 bridgehead atoms. The Morgan fingerprint density at radius 3 is 2.29 bits per heavy atom. The van der Waals surface area contributed by atoms with Gasteiger partial charge in [-0.2, -0.15) is 0 Å². The van der Waals surface area contributed by atoms with Gasteiger partial charge in [0.05, 0.1) is 11.9 Å². The average Bonchev–Trinajstić information content (AvgIpc) is 2.70. The maximum atomic E-state index is 12.3. The Morgan fingerprint density at radius 2 is 1.54 bits per heavy atom. The lowest BCUT2D eigenvalue weighted by Crippen LogP contribution is -2.45. The van der Waals surface area contributed by atoms with Crippen molar-refractivity contribution in [2.75, 3.05) is 26.2 Å². The molecule has 0 radical (unpaired) electrons. The van der Waals surface area contributed by atoms with Gasteiger partial charge in [0.1, 0.15) is 11.3 Å². The van der Waals surface area contributed by atoms with E-state index in [-0.39, 0.29) is 5.43 Å². The largest absolute Gasteiger partial charge is 0.459 e. The number of fused-ring (bicyclic) bond motifs is 1. The highest BCUT2D eigenvalue weighted by atomic mass is 16.3. The van der Waals surface area contributed by atoms with Crippen molar-refractivity contribution in [3.05, 3.63) is 80.7 Å². The second-order valence-electron chi connectivity index (χ2n) is 7.92. The van der Waals surface area contributed by atoms with Gasteiger partial charge in [-0.15, -0.1) is 0 Å². The molecular formula is C24H28N2O2. The van der Waals surface area contributed by atoms with Crippen molar-refractivity contribution in [3.8, 4) is 0 Å². The quantitative estimate of drug-likeness (QED) is 0.689. The lowest BCUT2D eigenvalue weighted by atomic mass is 9.98. The van der Waals surface area contributed by atoms with E-state index < -0.39 is 0 Å². The Bertz CT molecular complexity index is 1050. The number of benzene rings is 2. The Kier molecular flexibility index (Phi) is 5.33. The van der Waals surface area contributed by atoms with Crippen LogP contribution in [0, 0.1) is 20.8 Å². The minimum atomic E-state index is 0.0423. The summed E-state index contributed by atoms with van der Waals surface area (Å²) in [6, 6.07) is 13.6. The zero-order valence-corrected chi connectivity index (χ0v) is 17.0. The average molecular weight is 377 g/mol. The molecule has 0 aliphatic carbocycles. The summed E-state index contributed by atoms with van der Waals surface area (Å²) >= 11 is 0. The van der Waals surface area contributed by atoms with Crippen LogP contribution in [0.15, 0.2) is 51.7 Å². The maximum absolute atomic E-state index is 12.3. The molecule has 1 saturated heterocycles. The molecule has 4 rings (SSSR count). The smallest absolute Gasteiger partial charge is 0.192 e. The van der Waals surface area contributed by atoms with Crippen molar-refractivity contribution in [1.29, 1.82) is 0 Å². The Morgan fingerprint density at radius 1 is 0.857 bits per heavy atom. The van der Waals surface area contributed by atoms with Crippen LogP contribution in [0.4, 0.5) is 0 Å². The van der Waals surface area contributed by atoms with Crippen LogP contribution < -0.4 is 5.43 Å². The molecule has 1 aromatic heterocycles. The van der Waals surface area contributed by atoms with E-state index in [4.69, 9.17) is 4.42 Å². The number of para-hydroxylation sites is 1. The zero-order valence-electron chi connectivity index (χ0n) is 17.0. The lowest BCUT2D eigenvalue weighted by Gasteiger charge is -2.34. The normalized spacial score (nSPS) is 16.0. The van der Waals surface area contributed by atoms with Crippen molar-refractivity contribution < 1.29 is 4.42 Å². The van der Waals surface area contributed by atoms with Crippen molar-refractivity contribution >= 4 is 11.0 Å². The molecule has 3 aromatic rings. The highest BCUT2D eigenvalue weighted by Gasteiger charge is 2.19. The molecular weight excluding hydrogens is 348 g/mol. The molecule has 1 fully saturated rings. The van der Waals surface area contributed by atoms with E-state index in [0.29, 0.717) is 17.5 Å². The molecule has 0 atom stereocenters. The van der Waals surface area contributed by atoms with Crippen LogP contribution in [-0.2, 0) is 13.1 Å². The summed E-state index contributed by atoms with van der Waals surface area (Å²) in [7, 11) is 0. The van der Waals surface area contributed by atoms with Crippen LogP contribution >= 0.6 is 0 Å². The first-order valence-corrected chi connectivity index (χ1v) is 10.0. The van der Waals surface area contributed by atoms with Gasteiger partial charge in [0.2, 0.25) is 0 Å². The van der Waals surface area contributed by atoms with E-state index in [2.05, 4.69) is 42.7 Å². The third-order valence-corrected chi connectivity index (χ3v) is 6.09. The molecule has 0 amide bonds. The standard InChI is InChI=1S/C24H28N2O2/c1-17-8-9-20(19(3)18(17)2)15-25-10-12-26(13-11-25)16-21-14-23(27)22-6-4-5-7-24(22)28-21/h4-9,14H,10-13,15-16H2,1-3H3. The maximum Gasteiger partial charge on any atom is 0.192 e. The minimum Gasteiger partial charge on any atom is -0.459 e. The molecule has 0 saturated carbocycles. The summed E-state index contributed by atoms with van der Waals surface area (Å²) in [5.74, 6) is 0.752. The summed E-state index contributed by atoms with van der Waals surface area (Å²) in [4.78, 5) is 17.2. The lowest BCUT2D eigenvalue weighted by molar-refractivity contribution is 0.116. The summed E-state index contributed by atoms with van der Waals surface area (Å²) < 4.78 is 5.95. The molecule has 1 aliphatic rings.